The molecule has 0 aliphatic carbocycles. The minimum Gasteiger partial charge on any atom is -0.490 e. The number of Topliss-reactive ketones (excluding diaryl/α,β-unsaturated/α-hetero) is 1. The zero-order valence-electron chi connectivity index (χ0n) is 9.64. The fraction of sp³-hybridized carbons (Fsp3) is 0.214. The number of ether oxygens (including phenoxy) is 1. The van der Waals surface area contributed by atoms with Crippen molar-refractivity contribution in [3.05, 3.63) is 42.0 Å². The van der Waals surface area contributed by atoms with Crippen molar-refractivity contribution in [3.8, 4) is 5.75 Å². The first-order valence-corrected chi connectivity index (χ1v) is 5.50. The van der Waals surface area contributed by atoms with Crippen LogP contribution in [0.4, 0.5) is 0 Å². The number of aliphatic hydroxyl groups is 1. The van der Waals surface area contributed by atoms with Crippen LogP contribution in [0.15, 0.2) is 36.4 Å². The molecule has 0 heterocycles. The van der Waals surface area contributed by atoms with Crippen molar-refractivity contribution >= 4 is 16.6 Å². The van der Waals surface area contributed by atoms with Gasteiger partial charge in [0.2, 0.25) is 0 Å². The number of ketones is 1. The molecule has 3 heteroatoms. The number of aliphatic hydroxyl groups excluding tert-OH is 1. The van der Waals surface area contributed by atoms with Crippen LogP contribution < -0.4 is 4.74 Å². The minimum absolute atomic E-state index is 0.0382. The molecule has 0 radical (unpaired) electrons. The van der Waals surface area contributed by atoms with Gasteiger partial charge in [0.05, 0.1) is 12.2 Å². The topological polar surface area (TPSA) is 46.5 Å². The maximum atomic E-state index is 11.5. The predicted molar refractivity (Wildman–Crippen MR) is 66.5 cm³/mol. The zero-order chi connectivity index (χ0) is 12.3. The van der Waals surface area contributed by atoms with E-state index < -0.39 is 0 Å². The molecule has 88 valence electrons. The molecule has 0 saturated heterocycles. The Hall–Kier alpha value is -1.87. The number of carbonyl (C=O) groups is 1. The quantitative estimate of drug-likeness (QED) is 0.820. The summed E-state index contributed by atoms with van der Waals surface area (Å²) in [6.07, 6.45) is 0. The number of fused-ring (bicyclic) bond motifs is 1. The summed E-state index contributed by atoms with van der Waals surface area (Å²) in [5.41, 5.74) is 0.553. The normalized spacial score (nSPS) is 10.5. The summed E-state index contributed by atoms with van der Waals surface area (Å²) in [5, 5.41) is 10.7. The zero-order valence-corrected chi connectivity index (χ0v) is 9.64. The molecule has 0 aliphatic heterocycles. The van der Waals surface area contributed by atoms with Crippen LogP contribution in [0.3, 0.4) is 0 Å². The van der Waals surface area contributed by atoms with E-state index in [1.165, 1.54) is 6.92 Å². The van der Waals surface area contributed by atoms with Crippen LogP contribution in [0.5, 0.6) is 5.75 Å². The van der Waals surface area contributed by atoms with Crippen LogP contribution in [0.2, 0.25) is 0 Å². The maximum Gasteiger partial charge on any atom is 0.163 e. The van der Waals surface area contributed by atoms with Crippen LogP contribution in [0.25, 0.3) is 10.8 Å². The summed E-state index contributed by atoms with van der Waals surface area (Å²) in [4.78, 5) is 11.5. The number of benzene rings is 2. The van der Waals surface area contributed by atoms with Crippen LogP contribution in [0.1, 0.15) is 17.3 Å². The second-order valence-corrected chi connectivity index (χ2v) is 3.79. The maximum absolute atomic E-state index is 11.5. The second kappa shape index (κ2) is 4.97. The Morgan fingerprint density at radius 3 is 2.71 bits per heavy atom. The number of hydrogen-bond donors (Lipinski definition) is 1. The van der Waals surface area contributed by atoms with Crippen molar-refractivity contribution in [2.45, 2.75) is 6.92 Å². The highest BCUT2D eigenvalue weighted by atomic mass is 16.5. The van der Waals surface area contributed by atoms with E-state index >= 15 is 0 Å². The molecule has 2 aromatic carbocycles. The number of rotatable bonds is 4. The first-order chi connectivity index (χ1) is 8.24. The van der Waals surface area contributed by atoms with E-state index in [1.807, 2.05) is 30.3 Å². The molecule has 0 aliphatic rings. The summed E-state index contributed by atoms with van der Waals surface area (Å²) in [6.45, 7) is 1.63. The van der Waals surface area contributed by atoms with Crippen molar-refractivity contribution in [2.75, 3.05) is 13.2 Å². The number of hydrogen-bond acceptors (Lipinski definition) is 3. The van der Waals surface area contributed by atoms with Crippen molar-refractivity contribution in [3.63, 3.8) is 0 Å². The molecular formula is C14H14O3. The SMILES string of the molecule is CC(=O)c1ccc2ccccc2c1OCCO. The van der Waals surface area contributed by atoms with E-state index in [0.717, 1.165) is 10.8 Å². The van der Waals surface area contributed by atoms with E-state index in [-0.39, 0.29) is 19.0 Å². The van der Waals surface area contributed by atoms with E-state index in [9.17, 15) is 4.79 Å². The third-order valence-corrected chi connectivity index (χ3v) is 2.60. The molecule has 0 bridgehead atoms. The molecule has 0 aromatic heterocycles. The molecule has 17 heavy (non-hydrogen) atoms. The van der Waals surface area contributed by atoms with Gasteiger partial charge in [0.1, 0.15) is 12.4 Å². The van der Waals surface area contributed by atoms with Crippen molar-refractivity contribution in [1.29, 1.82) is 0 Å². The lowest BCUT2D eigenvalue weighted by Crippen LogP contribution is -2.06. The molecule has 0 amide bonds. The molecule has 3 nitrogen and oxygen atoms in total. The summed E-state index contributed by atoms with van der Waals surface area (Å²) in [7, 11) is 0. The molecule has 1 N–H and O–H groups in total. The summed E-state index contributed by atoms with van der Waals surface area (Å²) in [6, 6.07) is 11.4. The highest BCUT2D eigenvalue weighted by Gasteiger charge is 2.12. The molecule has 0 spiro atoms. The molecule has 0 unspecified atom stereocenters. The van der Waals surface area contributed by atoms with E-state index in [1.54, 1.807) is 6.07 Å². The fourth-order valence-electron chi connectivity index (χ4n) is 1.82. The highest BCUT2D eigenvalue weighted by molar-refractivity contribution is 6.03. The average Bonchev–Trinajstić information content (AvgIpc) is 2.35. The second-order valence-electron chi connectivity index (χ2n) is 3.79. The predicted octanol–water partition coefficient (Wildman–Crippen LogP) is 2.41. The Bertz CT molecular complexity index is 546. The van der Waals surface area contributed by atoms with E-state index in [0.29, 0.717) is 11.3 Å². The lowest BCUT2D eigenvalue weighted by Gasteiger charge is -2.12. The number of carbonyl (C=O) groups excluding carboxylic acids is 1. The standard InChI is InChI=1S/C14H14O3/c1-10(16)12-7-6-11-4-2-3-5-13(11)14(12)17-9-8-15/h2-7,15H,8-9H2,1H3. The Balaban J connectivity index is 2.61. The van der Waals surface area contributed by atoms with Gasteiger partial charge in [-0.1, -0.05) is 30.3 Å². The van der Waals surface area contributed by atoms with Gasteiger partial charge in [0.15, 0.2) is 5.78 Å². The Labute approximate surface area is 99.6 Å². The van der Waals surface area contributed by atoms with Crippen LogP contribution in [-0.2, 0) is 0 Å². The van der Waals surface area contributed by atoms with E-state index in [4.69, 9.17) is 9.84 Å². The molecule has 2 aromatic rings. The van der Waals surface area contributed by atoms with Gasteiger partial charge in [-0.3, -0.25) is 4.79 Å². The van der Waals surface area contributed by atoms with Gasteiger partial charge in [0.25, 0.3) is 0 Å². The van der Waals surface area contributed by atoms with Crippen molar-refractivity contribution < 1.29 is 14.6 Å². The summed E-state index contributed by atoms with van der Waals surface area (Å²) < 4.78 is 5.49. The average molecular weight is 230 g/mol. The van der Waals surface area contributed by atoms with Gasteiger partial charge in [0, 0.05) is 5.39 Å². The van der Waals surface area contributed by atoms with Crippen LogP contribution >= 0.6 is 0 Å². The van der Waals surface area contributed by atoms with Gasteiger partial charge >= 0.3 is 0 Å². The van der Waals surface area contributed by atoms with Crippen LogP contribution in [-0.4, -0.2) is 24.1 Å². The Morgan fingerprint density at radius 2 is 2.00 bits per heavy atom. The Kier molecular flexibility index (Phi) is 3.40. The molecular weight excluding hydrogens is 216 g/mol. The van der Waals surface area contributed by atoms with E-state index in [2.05, 4.69) is 0 Å². The fourth-order valence-corrected chi connectivity index (χ4v) is 1.82. The van der Waals surface area contributed by atoms with Crippen LogP contribution in [0, 0.1) is 0 Å². The van der Waals surface area contributed by atoms with Gasteiger partial charge < -0.3 is 9.84 Å². The third kappa shape index (κ3) is 2.29. The van der Waals surface area contributed by atoms with Gasteiger partial charge in [-0.25, -0.2) is 0 Å². The Morgan fingerprint density at radius 1 is 1.24 bits per heavy atom. The summed E-state index contributed by atoms with van der Waals surface area (Å²) >= 11 is 0. The lowest BCUT2D eigenvalue weighted by atomic mass is 10.0. The molecule has 0 atom stereocenters. The highest BCUT2D eigenvalue weighted by Crippen LogP contribution is 2.30. The van der Waals surface area contributed by atoms with Crippen molar-refractivity contribution in [1.82, 2.24) is 0 Å². The first kappa shape index (κ1) is 11.6. The largest absolute Gasteiger partial charge is 0.490 e. The lowest BCUT2D eigenvalue weighted by molar-refractivity contribution is 0.101. The minimum atomic E-state index is -0.0689. The molecule has 0 saturated carbocycles. The third-order valence-electron chi connectivity index (χ3n) is 2.60. The molecule has 2 rings (SSSR count). The van der Waals surface area contributed by atoms with Gasteiger partial charge in [-0.15, -0.1) is 0 Å². The van der Waals surface area contributed by atoms with Gasteiger partial charge in [-0.2, -0.15) is 0 Å². The summed E-state index contributed by atoms with van der Waals surface area (Å²) in [5.74, 6) is 0.522. The monoisotopic (exact) mass is 230 g/mol. The molecule has 0 fully saturated rings. The first-order valence-electron chi connectivity index (χ1n) is 5.50. The van der Waals surface area contributed by atoms with Crippen molar-refractivity contribution in [2.24, 2.45) is 0 Å². The van der Waals surface area contributed by atoms with Gasteiger partial charge in [-0.05, 0) is 18.4 Å². The smallest absolute Gasteiger partial charge is 0.163 e.